The molecule has 0 spiro atoms. The van der Waals surface area contributed by atoms with Crippen molar-refractivity contribution < 1.29 is 31.4 Å². The second-order valence-electron chi connectivity index (χ2n) is 3.99. The standard InChI is InChI=1S/C9H11F6NO/c10-8(11,12)7(17,9(13,14)15)5-1-3-6(16)4-2-5/h1,3,5-6,17H,2,4,16H2. The molecule has 0 aliphatic heterocycles. The fourth-order valence-electron chi connectivity index (χ4n) is 1.77. The summed E-state index contributed by atoms with van der Waals surface area (Å²) < 4.78 is 74.7. The summed E-state index contributed by atoms with van der Waals surface area (Å²) in [5, 5.41) is 9.05. The Bertz CT molecular complexity index is 294. The zero-order valence-corrected chi connectivity index (χ0v) is 8.52. The highest BCUT2D eigenvalue weighted by atomic mass is 19.4. The molecule has 0 saturated carbocycles. The highest BCUT2D eigenvalue weighted by Gasteiger charge is 2.73. The molecule has 1 aliphatic carbocycles. The van der Waals surface area contributed by atoms with Gasteiger partial charge in [0.15, 0.2) is 0 Å². The van der Waals surface area contributed by atoms with E-state index in [0.29, 0.717) is 6.08 Å². The maximum absolute atomic E-state index is 12.4. The molecule has 1 rings (SSSR count). The van der Waals surface area contributed by atoms with E-state index in [1.807, 2.05) is 0 Å². The van der Waals surface area contributed by atoms with E-state index in [0.717, 1.165) is 6.08 Å². The van der Waals surface area contributed by atoms with Crippen LogP contribution < -0.4 is 5.73 Å². The molecule has 0 radical (unpaired) electrons. The van der Waals surface area contributed by atoms with Crippen LogP contribution >= 0.6 is 0 Å². The van der Waals surface area contributed by atoms with Crippen molar-refractivity contribution in [3.8, 4) is 0 Å². The van der Waals surface area contributed by atoms with E-state index in [9.17, 15) is 26.3 Å². The third-order valence-corrected chi connectivity index (χ3v) is 2.80. The van der Waals surface area contributed by atoms with Gasteiger partial charge in [0.05, 0.1) is 0 Å². The highest BCUT2D eigenvalue weighted by Crippen LogP contribution is 2.50. The van der Waals surface area contributed by atoms with Crippen molar-refractivity contribution in [1.82, 2.24) is 0 Å². The van der Waals surface area contributed by atoms with Crippen molar-refractivity contribution in [3.05, 3.63) is 12.2 Å². The Morgan fingerprint density at radius 3 is 1.71 bits per heavy atom. The van der Waals surface area contributed by atoms with Gasteiger partial charge in [-0.25, -0.2) is 0 Å². The largest absolute Gasteiger partial charge is 0.426 e. The van der Waals surface area contributed by atoms with E-state index in [1.165, 1.54) is 0 Å². The van der Waals surface area contributed by atoms with Gasteiger partial charge in [0, 0.05) is 12.0 Å². The van der Waals surface area contributed by atoms with Crippen LogP contribution in [0.1, 0.15) is 12.8 Å². The van der Waals surface area contributed by atoms with Crippen LogP contribution in [-0.4, -0.2) is 29.1 Å². The van der Waals surface area contributed by atoms with Crippen molar-refractivity contribution in [3.63, 3.8) is 0 Å². The fourth-order valence-corrected chi connectivity index (χ4v) is 1.77. The molecule has 0 aromatic rings. The molecule has 17 heavy (non-hydrogen) atoms. The van der Waals surface area contributed by atoms with Gasteiger partial charge in [-0.15, -0.1) is 0 Å². The summed E-state index contributed by atoms with van der Waals surface area (Å²) in [6, 6.07) is -0.572. The number of rotatable bonds is 1. The number of hydrogen-bond acceptors (Lipinski definition) is 2. The molecule has 3 N–H and O–H groups in total. The molecule has 0 amide bonds. The van der Waals surface area contributed by atoms with Gasteiger partial charge in [0.1, 0.15) is 0 Å². The first-order chi connectivity index (χ1) is 7.50. The molecule has 0 aromatic carbocycles. The van der Waals surface area contributed by atoms with Gasteiger partial charge in [-0.05, 0) is 12.8 Å². The van der Waals surface area contributed by atoms with Crippen LogP contribution in [0.3, 0.4) is 0 Å². The normalized spacial score (nSPS) is 27.3. The molecule has 100 valence electrons. The molecular formula is C9H11F6NO. The van der Waals surface area contributed by atoms with E-state index in [2.05, 4.69) is 0 Å². The van der Waals surface area contributed by atoms with Crippen LogP contribution in [0.2, 0.25) is 0 Å². The number of halogens is 6. The van der Waals surface area contributed by atoms with Crippen LogP contribution in [0.5, 0.6) is 0 Å². The first-order valence-electron chi connectivity index (χ1n) is 4.80. The molecule has 0 heterocycles. The molecule has 0 fully saturated rings. The molecular weight excluding hydrogens is 252 g/mol. The minimum absolute atomic E-state index is 0.0321. The number of alkyl halides is 6. The van der Waals surface area contributed by atoms with E-state index < -0.39 is 36.3 Å². The van der Waals surface area contributed by atoms with E-state index in [4.69, 9.17) is 10.8 Å². The lowest BCUT2D eigenvalue weighted by molar-refractivity contribution is -0.381. The Hall–Kier alpha value is -0.760. The van der Waals surface area contributed by atoms with E-state index >= 15 is 0 Å². The van der Waals surface area contributed by atoms with Crippen molar-refractivity contribution in [2.75, 3.05) is 0 Å². The molecule has 2 atom stereocenters. The Kier molecular flexibility index (Phi) is 3.50. The van der Waals surface area contributed by atoms with Crippen LogP contribution in [0, 0.1) is 5.92 Å². The minimum Gasteiger partial charge on any atom is -0.373 e. The van der Waals surface area contributed by atoms with Crippen LogP contribution in [0.4, 0.5) is 26.3 Å². The predicted octanol–water partition coefficient (Wildman–Crippen LogP) is 2.14. The SMILES string of the molecule is NC1C=CC(C(O)(C(F)(F)F)C(F)(F)F)CC1. The first kappa shape index (κ1) is 14.3. The number of nitrogens with two attached hydrogens (primary N) is 1. The quantitative estimate of drug-likeness (QED) is 0.562. The predicted molar refractivity (Wildman–Crippen MR) is 46.9 cm³/mol. The maximum atomic E-state index is 12.4. The molecule has 1 aliphatic rings. The average Bonchev–Trinajstić information content (AvgIpc) is 2.14. The third kappa shape index (κ3) is 2.42. The summed E-state index contributed by atoms with van der Waals surface area (Å²) in [5.74, 6) is -2.05. The van der Waals surface area contributed by atoms with Gasteiger partial charge in [0.2, 0.25) is 0 Å². The Morgan fingerprint density at radius 2 is 1.41 bits per heavy atom. The van der Waals surface area contributed by atoms with Crippen LogP contribution in [0.15, 0.2) is 12.2 Å². The summed E-state index contributed by atoms with van der Waals surface area (Å²) in [4.78, 5) is 0. The molecule has 2 unspecified atom stereocenters. The Labute approximate surface area is 93.1 Å². The van der Waals surface area contributed by atoms with Gasteiger partial charge < -0.3 is 10.8 Å². The van der Waals surface area contributed by atoms with Crippen molar-refractivity contribution >= 4 is 0 Å². The maximum Gasteiger partial charge on any atom is 0.426 e. The van der Waals surface area contributed by atoms with Gasteiger partial charge >= 0.3 is 12.4 Å². The molecule has 0 bridgehead atoms. The van der Waals surface area contributed by atoms with Crippen molar-refractivity contribution in [2.45, 2.75) is 36.8 Å². The van der Waals surface area contributed by atoms with Gasteiger partial charge in [0.25, 0.3) is 5.60 Å². The average molecular weight is 263 g/mol. The fraction of sp³-hybridized carbons (Fsp3) is 0.778. The summed E-state index contributed by atoms with van der Waals surface area (Å²) >= 11 is 0. The number of aliphatic hydroxyl groups is 1. The molecule has 0 saturated heterocycles. The topological polar surface area (TPSA) is 46.2 Å². The van der Waals surface area contributed by atoms with Crippen LogP contribution in [-0.2, 0) is 0 Å². The second kappa shape index (κ2) is 4.16. The van der Waals surface area contributed by atoms with E-state index in [1.54, 1.807) is 0 Å². The smallest absolute Gasteiger partial charge is 0.373 e. The lowest BCUT2D eigenvalue weighted by Crippen LogP contribution is -2.61. The van der Waals surface area contributed by atoms with E-state index in [-0.39, 0.29) is 6.42 Å². The number of hydrogen-bond donors (Lipinski definition) is 2. The summed E-state index contributed by atoms with van der Waals surface area (Å²) in [5.41, 5.74) is 0.616. The lowest BCUT2D eigenvalue weighted by atomic mass is 9.78. The van der Waals surface area contributed by atoms with Crippen molar-refractivity contribution in [2.24, 2.45) is 11.7 Å². The van der Waals surface area contributed by atoms with Gasteiger partial charge in [-0.2, -0.15) is 26.3 Å². The van der Waals surface area contributed by atoms with Gasteiger partial charge in [-0.3, -0.25) is 0 Å². The monoisotopic (exact) mass is 263 g/mol. The minimum atomic E-state index is -5.78. The zero-order chi connectivity index (χ0) is 13.5. The second-order valence-corrected chi connectivity index (χ2v) is 3.99. The Morgan fingerprint density at radius 1 is 0.941 bits per heavy atom. The molecule has 2 nitrogen and oxygen atoms in total. The highest BCUT2D eigenvalue weighted by molar-refractivity contribution is 5.11. The lowest BCUT2D eigenvalue weighted by Gasteiger charge is -2.39. The molecule has 8 heteroatoms. The summed E-state index contributed by atoms with van der Waals surface area (Å²) in [6.07, 6.45) is -10.3. The first-order valence-corrected chi connectivity index (χ1v) is 4.80. The van der Waals surface area contributed by atoms with Gasteiger partial charge in [-0.1, -0.05) is 12.2 Å². The summed E-state index contributed by atoms with van der Waals surface area (Å²) in [6.45, 7) is 0. The zero-order valence-electron chi connectivity index (χ0n) is 8.52. The molecule has 0 aromatic heterocycles. The van der Waals surface area contributed by atoms with Crippen molar-refractivity contribution in [1.29, 1.82) is 0 Å². The Balaban J connectivity index is 3.13. The van der Waals surface area contributed by atoms with Crippen LogP contribution in [0.25, 0.3) is 0 Å². The third-order valence-electron chi connectivity index (χ3n) is 2.80. The summed E-state index contributed by atoms with van der Waals surface area (Å²) in [7, 11) is 0.